The van der Waals surface area contributed by atoms with Gasteiger partial charge in [-0.1, -0.05) is 5.21 Å². The highest BCUT2D eigenvalue weighted by molar-refractivity contribution is 6.09. The molecule has 5 aromatic rings. The van der Waals surface area contributed by atoms with E-state index in [-0.39, 0.29) is 11.9 Å². The van der Waals surface area contributed by atoms with Gasteiger partial charge in [-0.05, 0) is 67.9 Å². The quantitative estimate of drug-likeness (QED) is 0.450. The predicted molar refractivity (Wildman–Crippen MR) is 130 cm³/mol. The van der Waals surface area contributed by atoms with Gasteiger partial charge in [0, 0.05) is 43.1 Å². The average molecular weight is 453 g/mol. The van der Waals surface area contributed by atoms with E-state index in [4.69, 9.17) is 0 Å². The van der Waals surface area contributed by atoms with Crippen LogP contribution in [0.15, 0.2) is 67.1 Å². The van der Waals surface area contributed by atoms with Gasteiger partial charge in [-0.2, -0.15) is 4.68 Å². The monoisotopic (exact) mass is 452 g/mol. The van der Waals surface area contributed by atoms with Gasteiger partial charge in [-0.25, -0.2) is 9.97 Å². The summed E-state index contributed by atoms with van der Waals surface area (Å²) in [6.07, 6.45) is 7.44. The zero-order chi connectivity index (χ0) is 23.1. The Morgan fingerprint density at radius 3 is 2.79 bits per heavy atom. The van der Waals surface area contributed by atoms with Crippen LogP contribution >= 0.6 is 0 Å². The van der Waals surface area contributed by atoms with Gasteiger partial charge in [0.15, 0.2) is 11.5 Å². The molecule has 1 aliphatic rings. The Morgan fingerprint density at radius 1 is 1.09 bits per heavy atom. The van der Waals surface area contributed by atoms with Crippen LogP contribution in [-0.2, 0) is 7.05 Å². The molecule has 1 fully saturated rings. The zero-order valence-electron chi connectivity index (χ0n) is 18.8. The molecule has 1 atom stereocenters. The lowest BCUT2D eigenvalue weighted by Gasteiger charge is -2.34. The zero-order valence-corrected chi connectivity index (χ0v) is 18.8. The molecule has 0 unspecified atom stereocenters. The molecule has 1 saturated heterocycles. The van der Waals surface area contributed by atoms with Crippen LogP contribution in [-0.4, -0.2) is 54.6 Å². The lowest BCUT2D eigenvalue weighted by Crippen LogP contribution is -2.49. The topological polar surface area (TPSA) is 93.8 Å². The number of nitrogens with one attached hydrogen (secondary N) is 1. The minimum absolute atomic E-state index is 0.0254. The lowest BCUT2D eigenvalue weighted by molar-refractivity contribution is 0.0971. The number of nitrogens with zero attached hydrogens (tertiary/aromatic N) is 7. The average Bonchev–Trinajstić information content (AvgIpc) is 3.49. The number of anilines is 1. The van der Waals surface area contributed by atoms with Crippen molar-refractivity contribution in [3.8, 4) is 5.69 Å². The molecule has 0 saturated carbocycles. The molecular formula is C25H24N8O. The highest BCUT2D eigenvalue weighted by atomic mass is 16.2. The maximum atomic E-state index is 13.9. The van der Waals surface area contributed by atoms with E-state index in [0.29, 0.717) is 17.0 Å². The van der Waals surface area contributed by atoms with Crippen LogP contribution in [0.1, 0.15) is 23.2 Å². The molecule has 6 rings (SSSR count). The van der Waals surface area contributed by atoms with Crippen molar-refractivity contribution in [1.29, 1.82) is 0 Å². The number of aryl methyl sites for hydroxylation is 1. The van der Waals surface area contributed by atoms with E-state index in [2.05, 4.69) is 25.6 Å². The van der Waals surface area contributed by atoms with Crippen molar-refractivity contribution in [3.05, 3.63) is 72.7 Å². The highest BCUT2D eigenvalue weighted by Gasteiger charge is 2.30. The molecule has 5 heterocycles. The van der Waals surface area contributed by atoms with Crippen LogP contribution in [0.3, 0.4) is 0 Å². The molecule has 1 amide bonds. The van der Waals surface area contributed by atoms with Crippen molar-refractivity contribution in [1.82, 2.24) is 34.8 Å². The molecule has 9 nitrogen and oxygen atoms in total. The maximum absolute atomic E-state index is 13.9. The Kier molecular flexibility index (Phi) is 5.03. The van der Waals surface area contributed by atoms with Crippen LogP contribution in [0.4, 0.5) is 5.82 Å². The number of pyridine rings is 2. The Hall–Kier alpha value is -4.11. The normalized spacial score (nSPS) is 16.2. The fourth-order valence-corrected chi connectivity index (χ4v) is 4.71. The first-order valence-corrected chi connectivity index (χ1v) is 11.4. The molecule has 0 spiro atoms. The van der Waals surface area contributed by atoms with Gasteiger partial charge in [0.05, 0.1) is 17.2 Å². The van der Waals surface area contributed by atoms with E-state index >= 15 is 0 Å². The number of amides is 1. The number of carbonyl (C=O) groups is 1. The van der Waals surface area contributed by atoms with Crippen molar-refractivity contribution in [2.75, 3.05) is 18.0 Å². The third-order valence-electron chi connectivity index (χ3n) is 6.42. The first-order valence-electron chi connectivity index (χ1n) is 11.4. The van der Waals surface area contributed by atoms with Gasteiger partial charge in [0.2, 0.25) is 0 Å². The van der Waals surface area contributed by atoms with E-state index in [0.717, 1.165) is 48.0 Å². The van der Waals surface area contributed by atoms with E-state index in [1.807, 2.05) is 71.2 Å². The number of hydrogen-bond acceptors (Lipinski definition) is 6. The second-order valence-electron chi connectivity index (χ2n) is 8.57. The number of rotatable bonds is 4. The molecule has 170 valence electrons. The standard InChI is InChI=1S/C25H24N8O/c1-31-15-11-17-10-14-28-24(22(17)31)32(20-4-2-12-26-16-20)25(34)18-6-8-19(9-7-18)33-23-21(29-30-33)5-3-13-27-23/h3,5-11,13-15,20,26H,2,4,12,16H2,1H3/t20-/m1/s1. The van der Waals surface area contributed by atoms with Crippen molar-refractivity contribution < 1.29 is 4.79 Å². The molecule has 1 aromatic carbocycles. The summed E-state index contributed by atoms with van der Waals surface area (Å²) in [7, 11) is 1.99. The Labute approximate surface area is 196 Å². The first-order chi connectivity index (χ1) is 16.7. The van der Waals surface area contributed by atoms with Gasteiger partial charge >= 0.3 is 0 Å². The van der Waals surface area contributed by atoms with E-state index in [9.17, 15) is 4.79 Å². The summed E-state index contributed by atoms with van der Waals surface area (Å²) >= 11 is 0. The maximum Gasteiger partial charge on any atom is 0.259 e. The molecule has 1 aliphatic heterocycles. The second kappa shape index (κ2) is 8.35. The molecule has 0 radical (unpaired) electrons. The van der Waals surface area contributed by atoms with Gasteiger partial charge < -0.3 is 9.88 Å². The van der Waals surface area contributed by atoms with E-state index < -0.39 is 0 Å². The largest absolute Gasteiger partial charge is 0.348 e. The van der Waals surface area contributed by atoms with Gasteiger partial charge in [-0.3, -0.25) is 9.69 Å². The number of carbonyl (C=O) groups excluding carboxylic acids is 1. The summed E-state index contributed by atoms with van der Waals surface area (Å²) in [4.78, 5) is 24.9. The first kappa shape index (κ1) is 20.5. The van der Waals surface area contributed by atoms with Crippen LogP contribution in [0, 0.1) is 0 Å². The van der Waals surface area contributed by atoms with E-state index in [1.165, 1.54) is 0 Å². The smallest absolute Gasteiger partial charge is 0.259 e. The molecule has 0 bridgehead atoms. The summed E-state index contributed by atoms with van der Waals surface area (Å²) < 4.78 is 3.71. The van der Waals surface area contributed by atoms with Crippen molar-refractivity contribution in [2.45, 2.75) is 18.9 Å². The van der Waals surface area contributed by atoms with E-state index in [1.54, 1.807) is 17.1 Å². The summed E-state index contributed by atoms with van der Waals surface area (Å²) in [6.45, 7) is 1.71. The summed E-state index contributed by atoms with van der Waals surface area (Å²) in [5.74, 6) is 0.627. The fraction of sp³-hybridized carbons (Fsp3) is 0.240. The number of fused-ring (bicyclic) bond motifs is 2. The molecule has 4 aromatic heterocycles. The van der Waals surface area contributed by atoms with Gasteiger partial charge in [-0.15, -0.1) is 5.10 Å². The van der Waals surface area contributed by atoms with Crippen LogP contribution in [0.25, 0.3) is 27.8 Å². The number of hydrogen-bond donors (Lipinski definition) is 1. The minimum atomic E-state index is -0.0666. The van der Waals surface area contributed by atoms with Gasteiger partial charge in [0.25, 0.3) is 5.91 Å². The van der Waals surface area contributed by atoms with Crippen LogP contribution in [0.2, 0.25) is 0 Å². The summed E-state index contributed by atoms with van der Waals surface area (Å²) in [5.41, 5.74) is 3.75. The molecule has 34 heavy (non-hydrogen) atoms. The summed E-state index contributed by atoms with van der Waals surface area (Å²) in [5, 5.41) is 12.9. The molecule has 9 heteroatoms. The predicted octanol–water partition coefficient (Wildman–Crippen LogP) is 3.10. The number of benzene rings is 1. The SMILES string of the molecule is Cn1ccc2ccnc(N(C(=O)c3ccc(-n4nnc5cccnc54)cc3)[C@@H]3CCCNC3)c21. The second-order valence-corrected chi connectivity index (χ2v) is 8.57. The lowest BCUT2D eigenvalue weighted by atomic mass is 10.0. The minimum Gasteiger partial charge on any atom is -0.348 e. The van der Waals surface area contributed by atoms with Crippen LogP contribution in [0.5, 0.6) is 0 Å². The van der Waals surface area contributed by atoms with Crippen molar-refractivity contribution in [3.63, 3.8) is 0 Å². The molecular weight excluding hydrogens is 428 g/mol. The third-order valence-corrected chi connectivity index (χ3v) is 6.42. The Bertz CT molecular complexity index is 1480. The third kappa shape index (κ3) is 3.41. The van der Waals surface area contributed by atoms with Gasteiger partial charge in [0.1, 0.15) is 5.52 Å². The number of piperidine rings is 1. The summed E-state index contributed by atoms with van der Waals surface area (Å²) in [6, 6.07) is 15.2. The van der Waals surface area contributed by atoms with Crippen molar-refractivity contribution >= 4 is 33.8 Å². The Morgan fingerprint density at radius 2 is 1.97 bits per heavy atom. The Balaban J connectivity index is 1.40. The number of aromatic nitrogens is 6. The fourth-order valence-electron chi connectivity index (χ4n) is 4.71. The highest BCUT2D eigenvalue weighted by Crippen LogP contribution is 2.29. The molecule has 0 aliphatic carbocycles. The molecule has 1 N–H and O–H groups in total. The van der Waals surface area contributed by atoms with Crippen LogP contribution < -0.4 is 10.2 Å². The van der Waals surface area contributed by atoms with Crippen molar-refractivity contribution in [2.24, 2.45) is 7.05 Å².